The van der Waals surface area contributed by atoms with Gasteiger partial charge in [-0.1, -0.05) is 6.07 Å². The van der Waals surface area contributed by atoms with Crippen LogP contribution in [0.2, 0.25) is 0 Å². The number of rotatable bonds is 3. The van der Waals surface area contributed by atoms with Crippen molar-refractivity contribution in [1.29, 1.82) is 10.5 Å². The molecular formula is C14H7FN4O2. The van der Waals surface area contributed by atoms with Gasteiger partial charge in [0.05, 0.1) is 10.6 Å². The lowest BCUT2D eigenvalue weighted by molar-refractivity contribution is -0.385. The van der Waals surface area contributed by atoms with Crippen molar-refractivity contribution < 1.29 is 9.31 Å². The first kappa shape index (κ1) is 14.0. The van der Waals surface area contributed by atoms with Crippen molar-refractivity contribution in [2.45, 2.75) is 0 Å². The van der Waals surface area contributed by atoms with E-state index < -0.39 is 10.7 Å². The Hall–Kier alpha value is -3.45. The van der Waals surface area contributed by atoms with Crippen molar-refractivity contribution in [3.8, 4) is 12.1 Å². The zero-order chi connectivity index (χ0) is 15.4. The summed E-state index contributed by atoms with van der Waals surface area (Å²) in [5, 5.41) is 31.3. The Morgan fingerprint density at radius 2 is 1.95 bits per heavy atom. The van der Waals surface area contributed by atoms with E-state index >= 15 is 0 Å². The van der Waals surface area contributed by atoms with Gasteiger partial charge in [0.25, 0.3) is 5.69 Å². The fourth-order valence-corrected chi connectivity index (χ4v) is 1.76. The Morgan fingerprint density at radius 1 is 1.19 bits per heavy atom. The summed E-state index contributed by atoms with van der Waals surface area (Å²) in [7, 11) is 0. The van der Waals surface area contributed by atoms with Crippen LogP contribution in [0.15, 0.2) is 36.4 Å². The molecule has 0 radical (unpaired) electrons. The number of hydrogen-bond donors (Lipinski definition) is 1. The smallest absolute Gasteiger partial charge is 0.287 e. The van der Waals surface area contributed by atoms with Gasteiger partial charge in [0.2, 0.25) is 0 Å². The largest absolute Gasteiger partial charge is 0.354 e. The first-order valence-corrected chi connectivity index (χ1v) is 5.71. The van der Waals surface area contributed by atoms with Crippen molar-refractivity contribution >= 4 is 17.1 Å². The molecule has 0 unspecified atom stereocenters. The lowest BCUT2D eigenvalue weighted by Crippen LogP contribution is -1.98. The Balaban J connectivity index is 2.43. The second-order valence-electron chi connectivity index (χ2n) is 4.00. The highest BCUT2D eigenvalue weighted by Crippen LogP contribution is 2.26. The normalized spacial score (nSPS) is 9.48. The van der Waals surface area contributed by atoms with E-state index in [4.69, 9.17) is 10.5 Å². The van der Waals surface area contributed by atoms with Crippen LogP contribution in [-0.4, -0.2) is 4.92 Å². The molecule has 2 aromatic rings. The molecule has 0 aliphatic heterocycles. The van der Waals surface area contributed by atoms with Crippen LogP contribution < -0.4 is 5.32 Å². The Bertz CT molecular complexity index is 806. The fraction of sp³-hybridized carbons (Fsp3) is 0. The minimum Gasteiger partial charge on any atom is -0.354 e. The number of nitro benzene ring substituents is 1. The first-order chi connectivity index (χ1) is 10.1. The van der Waals surface area contributed by atoms with Crippen LogP contribution >= 0.6 is 0 Å². The molecule has 0 aromatic heterocycles. The maximum Gasteiger partial charge on any atom is 0.287 e. The van der Waals surface area contributed by atoms with E-state index in [-0.39, 0.29) is 22.5 Å². The highest BCUT2D eigenvalue weighted by molar-refractivity contribution is 5.69. The van der Waals surface area contributed by atoms with Crippen LogP contribution in [0.3, 0.4) is 0 Å². The maximum absolute atomic E-state index is 13.5. The van der Waals surface area contributed by atoms with Crippen LogP contribution in [0, 0.1) is 38.6 Å². The maximum atomic E-state index is 13.5. The minimum absolute atomic E-state index is 0.125. The topological polar surface area (TPSA) is 103 Å². The van der Waals surface area contributed by atoms with Crippen LogP contribution in [0.1, 0.15) is 11.1 Å². The SMILES string of the molecule is N#Cc1cc(Nc2cccc(F)c2C#N)ccc1[N+](=O)[O-]. The average Bonchev–Trinajstić information content (AvgIpc) is 2.47. The predicted octanol–water partition coefficient (Wildman–Crippen LogP) is 3.22. The van der Waals surface area contributed by atoms with Crippen molar-refractivity contribution in [2.75, 3.05) is 5.32 Å². The molecule has 7 heteroatoms. The van der Waals surface area contributed by atoms with Crippen molar-refractivity contribution in [2.24, 2.45) is 0 Å². The lowest BCUT2D eigenvalue weighted by atomic mass is 10.1. The summed E-state index contributed by atoms with van der Waals surface area (Å²) in [6.45, 7) is 0. The number of nitriles is 2. The van der Waals surface area contributed by atoms with Crippen molar-refractivity contribution in [3.05, 3.63) is 63.5 Å². The Morgan fingerprint density at radius 3 is 2.57 bits per heavy atom. The minimum atomic E-state index is -0.676. The van der Waals surface area contributed by atoms with E-state index in [9.17, 15) is 14.5 Å². The van der Waals surface area contributed by atoms with E-state index in [2.05, 4.69) is 5.32 Å². The van der Waals surface area contributed by atoms with Gasteiger partial charge in [0.15, 0.2) is 0 Å². The standard InChI is InChI=1S/C14H7FN4O2/c15-12-2-1-3-13(11(12)8-17)18-10-4-5-14(19(20)21)9(6-10)7-16/h1-6,18H. The quantitative estimate of drug-likeness (QED) is 0.687. The van der Waals surface area contributed by atoms with Crippen LogP contribution in [0.4, 0.5) is 21.5 Å². The molecule has 21 heavy (non-hydrogen) atoms. The number of anilines is 2. The van der Waals surface area contributed by atoms with Gasteiger partial charge >= 0.3 is 0 Å². The molecule has 1 N–H and O–H groups in total. The summed E-state index contributed by atoms with van der Waals surface area (Å²) in [6.07, 6.45) is 0. The molecule has 102 valence electrons. The number of benzene rings is 2. The molecule has 0 spiro atoms. The second-order valence-corrected chi connectivity index (χ2v) is 4.00. The van der Waals surface area contributed by atoms with Crippen molar-refractivity contribution in [1.82, 2.24) is 0 Å². The Labute approximate surface area is 118 Å². The average molecular weight is 282 g/mol. The molecule has 0 atom stereocenters. The van der Waals surface area contributed by atoms with E-state index in [1.54, 1.807) is 12.1 Å². The zero-order valence-electron chi connectivity index (χ0n) is 10.5. The van der Waals surface area contributed by atoms with Gasteiger partial charge in [-0.3, -0.25) is 10.1 Å². The molecule has 0 aliphatic carbocycles. The van der Waals surface area contributed by atoms with Gasteiger partial charge < -0.3 is 5.32 Å². The van der Waals surface area contributed by atoms with Crippen LogP contribution in [-0.2, 0) is 0 Å². The second kappa shape index (κ2) is 5.68. The zero-order valence-corrected chi connectivity index (χ0v) is 10.5. The highest BCUT2D eigenvalue weighted by Gasteiger charge is 2.14. The molecular weight excluding hydrogens is 275 g/mol. The molecule has 0 saturated carbocycles. The number of hydrogen-bond acceptors (Lipinski definition) is 5. The molecule has 0 heterocycles. The van der Waals surface area contributed by atoms with E-state index in [0.717, 1.165) is 6.07 Å². The molecule has 0 saturated heterocycles. The number of nitrogens with zero attached hydrogens (tertiary/aromatic N) is 3. The van der Waals surface area contributed by atoms with Gasteiger partial charge in [-0.2, -0.15) is 10.5 Å². The molecule has 0 aliphatic rings. The van der Waals surface area contributed by atoms with Crippen LogP contribution in [0.5, 0.6) is 0 Å². The highest BCUT2D eigenvalue weighted by atomic mass is 19.1. The lowest BCUT2D eigenvalue weighted by Gasteiger charge is -2.09. The third kappa shape index (κ3) is 2.77. The van der Waals surface area contributed by atoms with Gasteiger partial charge in [-0.25, -0.2) is 4.39 Å². The summed E-state index contributed by atoms with van der Waals surface area (Å²) in [5.41, 5.74) is -0.0495. The molecule has 6 nitrogen and oxygen atoms in total. The van der Waals surface area contributed by atoms with Gasteiger partial charge in [0, 0.05) is 11.8 Å². The van der Waals surface area contributed by atoms with E-state index in [1.807, 2.05) is 0 Å². The predicted molar refractivity (Wildman–Crippen MR) is 72.2 cm³/mol. The number of nitro groups is 1. The summed E-state index contributed by atoms with van der Waals surface area (Å²) in [6, 6.07) is 11.3. The summed E-state index contributed by atoms with van der Waals surface area (Å²) in [4.78, 5) is 10.1. The van der Waals surface area contributed by atoms with Crippen molar-refractivity contribution in [3.63, 3.8) is 0 Å². The van der Waals surface area contributed by atoms with Gasteiger partial charge in [-0.05, 0) is 24.3 Å². The van der Waals surface area contributed by atoms with E-state index in [0.29, 0.717) is 5.69 Å². The molecule has 0 bridgehead atoms. The molecule has 0 fully saturated rings. The molecule has 2 aromatic carbocycles. The van der Waals surface area contributed by atoms with Gasteiger partial charge in [-0.15, -0.1) is 0 Å². The molecule has 2 rings (SSSR count). The third-order valence-electron chi connectivity index (χ3n) is 2.72. The van der Waals surface area contributed by atoms with Gasteiger partial charge in [0.1, 0.15) is 29.1 Å². The molecule has 0 amide bonds. The number of halogens is 1. The first-order valence-electron chi connectivity index (χ1n) is 5.71. The third-order valence-corrected chi connectivity index (χ3v) is 2.72. The van der Waals surface area contributed by atoms with Crippen LogP contribution in [0.25, 0.3) is 0 Å². The summed E-state index contributed by atoms with van der Waals surface area (Å²) in [5.74, 6) is -0.676. The van der Waals surface area contributed by atoms with E-state index in [1.165, 1.54) is 30.3 Å². The fourth-order valence-electron chi connectivity index (χ4n) is 1.76. The Kier molecular flexibility index (Phi) is 3.78. The summed E-state index contributed by atoms with van der Waals surface area (Å²) < 4.78 is 13.5. The number of nitrogens with one attached hydrogen (secondary N) is 1. The summed E-state index contributed by atoms with van der Waals surface area (Å²) >= 11 is 0. The monoisotopic (exact) mass is 282 g/mol.